The zero-order valence-electron chi connectivity index (χ0n) is 15.3. The third kappa shape index (κ3) is 4.81. The van der Waals surface area contributed by atoms with Crippen LogP contribution in [-0.2, 0) is 24.3 Å². The lowest BCUT2D eigenvalue weighted by molar-refractivity contribution is -0.145. The van der Waals surface area contributed by atoms with Gasteiger partial charge in [-0.25, -0.2) is 8.42 Å². The quantitative estimate of drug-likeness (QED) is 0.706. The molecule has 1 aromatic rings. The second kappa shape index (κ2) is 8.87. The van der Waals surface area contributed by atoms with E-state index in [0.717, 1.165) is 19.4 Å². The molecule has 9 heteroatoms. The van der Waals surface area contributed by atoms with Gasteiger partial charge in [0.1, 0.15) is 11.0 Å². The summed E-state index contributed by atoms with van der Waals surface area (Å²) in [4.78, 5) is 14.3. The van der Waals surface area contributed by atoms with Gasteiger partial charge in [0.2, 0.25) is 10.0 Å². The molecule has 2 saturated heterocycles. The van der Waals surface area contributed by atoms with E-state index < -0.39 is 16.1 Å². The van der Waals surface area contributed by atoms with E-state index in [1.54, 1.807) is 30.0 Å². The van der Waals surface area contributed by atoms with Gasteiger partial charge in [0.15, 0.2) is 0 Å². The molecule has 7 nitrogen and oxygen atoms in total. The van der Waals surface area contributed by atoms with Crippen LogP contribution in [0.2, 0.25) is 5.02 Å². The highest BCUT2D eigenvalue weighted by Crippen LogP contribution is 2.25. The summed E-state index contributed by atoms with van der Waals surface area (Å²) in [5.74, 6) is -0.122. The van der Waals surface area contributed by atoms with Crippen LogP contribution in [0.1, 0.15) is 19.8 Å². The molecule has 2 aliphatic heterocycles. The molecule has 2 unspecified atom stereocenters. The van der Waals surface area contributed by atoms with Crippen molar-refractivity contribution in [3.8, 4) is 0 Å². The Bertz CT molecular complexity index is 759. The SMILES string of the molecule is CC(OCC1CCCO1)C(=O)N1CCN(S(=O)(=O)c2ccccc2Cl)CC1. The van der Waals surface area contributed by atoms with E-state index in [1.807, 2.05) is 0 Å². The summed E-state index contributed by atoms with van der Waals surface area (Å²) in [5.41, 5.74) is 0. The molecule has 0 aromatic heterocycles. The molecule has 3 rings (SSSR count). The van der Waals surface area contributed by atoms with Crippen molar-refractivity contribution in [2.45, 2.75) is 36.9 Å². The standard InChI is InChI=1S/C18H25ClN2O5S/c1-14(26-13-15-5-4-12-25-15)18(22)20-8-10-21(11-9-20)27(23,24)17-7-3-2-6-16(17)19/h2-3,6-7,14-15H,4-5,8-13H2,1H3. The molecule has 2 heterocycles. The maximum Gasteiger partial charge on any atom is 0.251 e. The van der Waals surface area contributed by atoms with Crippen LogP contribution in [0.25, 0.3) is 0 Å². The fraction of sp³-hybridized carbons (Fsp3) is 0.611. The van der Waals surface area contributed by atoms with Crippen molar-refractivity contribution >= 4 is 27.5 Å². The maximum atomic E-state index is 12.8. The zero-order chi connectivity index (χ0) is 19.4. The summed E-state index contributed by atoms with van der Waals surface area (Å²) >= 11 is 6.04. The predicted octanol–water partition coefficient (Wildman–Crippen LogP) is 1.76. The van der Waals surface area contributed by atoms with Crippen LogP contribution in [0.4, 0.5) is 0 Å². The van der Waals surface area contributed by atoms with Crippen LogP contribution in [0.5, 0.6) is 0 Å². The Balaban J connectivity index is 1.53. The van der Waals surface area contributed by atoms with Crippen molar-refractivity contribution in [3.63, 3.8) is 0 Å². The van der Waals surface area contributed by atoms with E-state index in [4.69, 9.17) is 21.1 Å². The molecule has 2 fully saturated rings. The van der Waals surface area contributed by atoms with Crippen LogP contribution in [0.15, 0.2) is 29.2 Å². The van der Waals surface area contributed by atoms with Gasteiger partial charge in [-0.05, 0) is 31.9 Å². The van der Waals surface area contributed by atoms with Gasteiger partial charge in [-0.1, -0.05) is 23.7 Å². The summed E-state index contributed by atoms with van der Waals surface area (Å²) in [5, 5.41) is 0.201. The summed E-state index contributed by atoms with van der Waals surface area (Å²) in [6.07, 6.45) is 1.48. The van der Waals surface area contributed by atoms with Gasteiger partial charge in [0.05, 0.1) is 17.7 Å². The maximum absolute atomic E-state index is 12.8. The van der Waals surface area contributed by atoms with Crippen LogP contribution < -0.4 is 0 Å². The van der Waals surface area contributed by atoms with Gasteiger partial charge < -0.3 is 14.4 Å². The molecule has 2 atom stereocenters. The summed E-state index contributed by atoms with van der Waals surface area (Å²) in [7, 11) is -3.67. The number of piperazine rings is 1. The minimum atomic E-state index is -3.67. The molecule has 0 saturated carbocycles. The van der Waals surface area contributed by atoms with Crippen LogP contribution in [0.3, 0.4) is 0 Å². The molecule has 1 aromatic carbocycles. The van der Waals surface area contributed by atoms with Gasteiger partial charge in [-0.2, -0.15) is 4.31 Å². The molecule has 150 valence electrons. The van der Waals surface area contributed by atoms with E-state index in [0.29, 0.717) is 19.7 Å². The first kappa shape index (κ1) is 20.5. The molecule has 0 aliphatic carbocycles. The molecule has 0 N–H and O–H groups in total. The first-order valence-corrected chi connectivity index (χ1v) is 11.0. The van der Waals surface area contributed by atoms with Gasteiger partial charge in [-0.15, -0.1) is 0 Å². The lowest BCUT2D eigenvalue weighted by Crippen LogP contribution is -2.52. The summed E-state index contributed by atoms with van der Waals surface area (Å²) in [6, 6.07) is 6.39. The van der Waals surface area contributed by atoms with Crippen molar-refractivity contribution in [1.29, 1.82) is 0 Å². The van der Waals surface area contributed by atoms with Crippen LogP contribution >= 0.6 is 11.6 Å². The van der Waals surface area contributed by atoms with E-state index in [1.165, 1.54) is 10.4 Å². The normalized spacial score (nSPS) is 22.7. The predicted molar refractivity (Wildman–Crippen MR) is 101 cm³/mol. The Morgan fingerprint density at radius 3 is 2.63 bits per heavy atom. The Labute approximate surface area is 165 Å². The molecule has 0 bridgehead atoms. The number of carbonyl (C=O) groups is 1. The topological polar surface area (TPSA) is 76.2 Å². The van der Waals surface area contributed by atoms with Crippen molar-refractivity contribution in [2.24, 2.45) is 0 Å². The number of rotatable bonds is 6. The Morgan fingerprint density at radius 1 is 1.30 bits per heavy atom. The monoisotopic (exact) mass is 416 g/mol. The molecular weight excluding hydrogens is 392 g/mol. The minimum Gasteiger partial charge on any atom is -0.376 e. The van der Waals surface area contributed by atoms with Crippen LogP contribution in [-0.4, -0.2) is 75.1 Å². The van der Waals surface area contributed by atoms with Crippen molar-refractivity contribution in [3.05, 3.63) is 29.3 Å². The number of nitrogens with zero attached hydrogens (tertiary/aromatic N) is 2. The highest BCUT2D eigenvalue weighted by molar-refractivity contribution is 7.89. The average molecular weight is 417 g/mol. The summed E-state index contributed by atoms with van der Waals surface area (Å²) in [6.45, 7) is 4.01. The van der Waals surface area contributed by atoms with Gasteiger partial charge in [0, 0.05) is 32.8 Å². The van der Waals surface area contributed by atoms with E-state index >= 15 is 0 Å². The molecule has 2 aliphatic rings. The minimum absolute atomic E-state index is 0.0675. The molecule has 0 radical (unpaired) electrons. The number of sulfonamides is 1. The highest BCUT2D eigenvalue weighted by Gasteiger charge is 2.33. The lowest BCUT2D eigenvalue weighted by Gasteiger charge is -2.35. The molecule has 0 spiro atoms. The second-order valence-corrected chi connectivity index (χ2v) is 9.08. The second-order valence-electron chi connectivity index (χ2n) is 6.77. The number of hydrogen-bond acceptors (Lipinski definition) is 5. The smallest absolute Gasteiger partial charge is 0.251 e. The number of hydrogen-bond donors (Lipinski definition) is 0. The van der Waals surface area contributed by atoms with Gasteiger partial charge >= 0.3 is 0 Å². The Morgan fingerprint density at radius 2 is 2.00 bits per heavy atom. The first-order chi connectivity index (χ1) is 12.9. The van der Waals surface area contributed by atoms with Gasteiger partial charge in [0.25, 0.3) is 5.91 Å². The first-order valence-electron chi connectivity index (χ1n) is 9.16. The van der Waals surface area contributed by atoms with Crippen molar-refractivity contribution in [2.75, 3.05) is 39.4 Å². The van der Waals surface area contributed by atoms with Crippen LogP contribution in [0, 0.1) is 0 Å². The lowest BCUT2D eigenvalue weighted by atomic mass is 10.2. The van der Waals surface area contributed by atoms with Crippen molar-refractivity contribution in [1.82, 2.24) is 9.21 Å². The number of benzene rings is 1. The average Bonchev–Trinajstić information content (AvgIpc) is 3.19. The third-order valence-electron chi connectivity index (χ3n) is 4.91. The number of ether oxygens (including phenoxy) is 2. The van der Waals surface area contributed by atoms with Crippen molar-refractivity contribution < 1.29 is 22.7 Å². The number of amides is 1. The summed E-state index contributed by atoms with van der Waals surface area (Å²) < 4.78 is 38.1. The van der Waals surface area contributed by atoms with E-state index in [9.17, 15) is 13.2 Å². The number of halogens is 1. The third-order valence-corrected chi connectivity index (χ3v) is 7.31. The Kier molecular flexibility index (Phi) is 6.75. The highest BCUT2D eigenvalue weighted by atomic mass is 35.5. The zero-order valence-corrected chi connectivity index (χ0v) is 16.9. The van der Waals surface area contributed by atoms with E-state index in [-0.39, 0.29) is 35.0 Å². The molecular formula is C18H25ClN2O5S. The fourth-order valence-electron chi connectivity index (χ4n) is 3.30. The van der Waals surface area contributed by atoms with Gasteiger partial charge in [-0.3, -0.25) is 4.79 Å². The Hall–Kier alpha value is -1.19. The molecule has 27 heavy (non-hydrogen) atoms. The number of carbonyl (C=O) groups excluding carboxylic acids is 1. The van der Waals surface area contributed by atoms with E-state index in [2.05, 4.69) is 0 Å². The fourth-order valence-corrected chi connectivity index (χ4v) is 5.21. The molecule has 1 amide bonds. The largest absolute Gasteiger partial charge is 0.376 e.